The standard InChI is InChI=1S/C9H13BrN2O3S/c1-3-12(4-2)16(14,15)8-5-7(10)6-11-9(8)13/h5-6H,3-4H2,1-2H3,(H,11,13). The van der Waals surface area contributed by atoms with Crippen molar-refractivity contribution in [3.63, 3.8) is 0 Å². The molecule has 1 aromatic rings. The Morgan fingerprint density at radius 2 is 1.94 bits per heavy atom. The Hall–Kier alpha value is -0.660. The van der Waals surface area contributed by atoms with Crippen LogP contribution in [-0.2, 0) is 10.0 Å². The molecule has 0 aromatic carbocycles. The highest BCUT2D eigenvalue weighted by Gasteiger charge is 2.24. The average molecular weight is 309 g/mol. The minimum atomic E-state index is -3.69. The van der Waals surface area contributed by atoms with Crippen molar-refractivity contribution in [2.24, 2.45) is 0 Å². The molecule has 0 atom stereocenters. The largest absolute Gasteiger partial charge is 0.327 e. The quantitative estimate of drug-likeness (QED) is 0.907. The van der Waals surface area contributed by atoms with Crippen molar-refractivity contribution in [2.45, 2.75) is 18.7 Å². The number of sulfonamides is 1. The molecule has 0 radical (unpaired) electrons. The summed E-state index contributed by atoms with van der Waals surface area (Å²) >= 11 is 3.13. The first-order valence-electron chi connectivity index (χ1n) is 4.81. The fourth-order valence-corrected chi connectivity index (χ4v) is 3.35. The molecule has 0 saturated heterocycles. The summed E-state index contributed by atoms with van der Waals surface area (Å²) < 4.78 is 25.9. The van der Waals surface area contributed by atoms with E-state index in [1.165, 1.54) is 16.6 Å². The Morgan fingerprint density at radius 3 is 2.44 bits per heavy atom. The molecule has 7 heteroatoms. The monoisotopic (exact) mass is 308 g/mol. The SMILES string of the molecule is CCN(CC)S(=O)(=O)c1cc(Br)c[nH]c1=O. The van der Waals surface area contributed by atoms with Crippen molar-refractivity contribution in [1.82, 2.24) is 9.29 Å². The summed E-state index contributed by atoms with van der Waals surface area (Å²) in [4.78, 5) is 13.6. The van der Waals surface area contributed by atoms with Crippen molar-refractivity contribution in [2.75, 3.05) is 13.1 Å². The molecule has 1 heterocycles. The van der Waals surface area contributed by atoms with Crippen LogP contribution < -0.4 is 5.56 Å². The molecule has 0 spiro atoms. The van der Waals surface area contributed by atoms with Gasteiger partial charge in [-0.15, -0.1) is 0 Å². The van der Waals surface area contributed by atoms with E-state index < -0.39 is 15.6 Å². The zero-order chi connectivity index (χ0) is 12.3. The lowest BCUT2D eigenvalue weighted by Gasteiger charge is -2.17. The predicted octanol–water partition coefficient (Wildman–Crippen LogP) is 1.17. The number of hydrogen-bond donors (Lipinski definition) is 1. The van der Waals surface area contributed by atoms with Gasteiger partial charge in [-0.25, -0.2) is 8.42 Å². The Bertz CT molecular complexity index is 520. The van der Waals surface area contributed by atoms with Crippen molar-refractivity contribution in [1.29, 1.82) is 0 Å². The van der Waals surface area contributed by atoms with Gasteiger partial charge in [-0.3, -0.25) is 4.79 Å². The third kappa shape index (κ3) is 2.53. The van der Waals surface area contributed by atoms with E-state index in [-0.39, 0.29) is 4.90 Å². The van der Waals surface area contributed by atoms with Gasteiger partial charge in [0.2, 0.25) is 10.0 Å². The predicted molar refractivity (Wildman–Crippen MR) is 64.9 cm³/mol. The molecule has 90 valence electrons. The van der Waals surface area contributed by atoms with Gasteiger partial charge in [-0.1, -0.05) is 13.8 Å². The molecule has 0 aliphatic rings. The van der Waals surface area contributed by atoms with Crippen molar-refractivity contribution < 1.29 is 8.42 Å². The third-order valence-corrected chi connectivity index (χ3v) is 4.67. The number of nitrogens with one attached hydrogen (secondary N) is 1. The van der Waals surface area contributed by atoms with Crippen molar-refractivity contribution >= 4 is 26.0 Å². The smallest absolute Gasteiger partial charge is 0.268 e. The molecule has 0 unspecified atom stereocenters. The minimum Gasteiger partial charge on any atom is -0.327 e. The first-order valence-corrected chi connectivity index (χ1v) is 7.05. The molecule has 0 aliphatic heterocycles. The fraction of sp³-hybridized carbons (Fsp3) is 0.444. The molecule has 0 fully saturated rings. The highest BCUT2D eigenvalue weighted by molar-refractivity contribution is 9.10. The highest BCUT2D eigenvalue weighted by Crippen LogP contribution is 2.15. The van der Waals surface area contributed by atoms with Crippen LogP contribution in [0.15, 0.2) is 26.4 Å². The molecule has 1 aromatic heterocycles. The molecule has 0 saturated carbocycles. The number of nitrogens with zero attached hydrogens (tertiary/aromatic N) is 1. The van der Waals surface area contributed by atoms with Gasteiger partial charge >= 0.3 is 0 Å². The lowest BCUT2D eigenvalue weighted by Crippen LogP contribution is -2.34. The topological polar surface area (TPSA) is 70.2 Å². The summed E-state index contributed by atoms with van der Waals surface area (Å²) in [5, 5.41) is 0. The molecule has 0 amide bonds. The molecule has 16 heavy (non-hydrogen) atoms. The van der Waals surface area contributed by atoms with Crippen LogP contribution in [0.2, 0.25) is 0 Å². The summed E-state index contributed by atoms with van der Waals surface area (Å²) in [7, 11) is -3.69. The van der Waals surface area contributed by atoms with Crippen LogP contribution in [0, 0.1) is 0 Å². The maximum absolute atomic E-state index is 12.1. The summed E-state index contributed by atoms with van der Waals surface area (Å²) in [5.74, 6) is 0. The van der Waals surface area contributed by atoms with Crippen LogP contribution in [0.3, 0.4) is 0 Å². The minimum absolute atomic E-state index is 0.231. The fourth-order valence-electron chi connectivity index (χ4n) is 1.33. The van der Waals surface area contributed by atoms with Gasteiger partial charge in [0.05, 0.1) is 0 Å². The van der Waals surface area contributed by atoms with Gasteiger partial charge in [0, 0.05) is 23.8 Å². The molecule has 1 rings (SSSR count). The summed E-state index contributed by atoms with van der Waals surface area (Å²) in [6.07, 6.45) is 1.41. The summed E-state index contributed by atoms with van der Waals surface area (Å²) in [6.45, 7) is 4.13. The van der Waals surface area contributed by atoms with E-state index in [9.17, 15) is 13.2 Å². The van der Waals surface area contributed by atoms with Gasteiger partial charge in [-0.2, -0.15) is 4.31 Å². The normalized spacial score (nSPS) is 12.0. The molecule has 0 aliphatic carbocycles. The van der Waals surface area contributed by atoms with E-state index >= 15 is 0 Å². The third-order valence-electron chi connectivity index (χ3n) is 2.16. The lowest BCUT2D eigenvalue weighted by atomic mass is 10.5. The second-order valence-electron chi connectivity index (χ2n) is 3.10. The zero-order valence-electron chi connectivity index (χ0n) is 9.03. The summed E-state index contributed by atoms with van der Waals surface area (Å²) in [6, 6.07) is 1.31. The van der Waals surface area contributed by atoms with Gasteiger partial charge in [-0.05, 0) is 22.0 Å². The molecular weight excluding hydrogens is 296 g/mol. The Balaban J connectivity index is 3.37. The van der Waals surface area contributed by atoms with Crippen molar-refractivity contribution in [3.8, 4) is 0 Å². The number of halogens is 1. The zero-order valence-corrected chi connectivity index (χ0v) is 11.4. The van der Waals surface area contributed by atoms with Crippen LogP contribution in [0.25, 0.3) is 0 Å². The number of H-pyrrole nitrogens is 1. The number of aromatic nitrogens is 1. The van der Waals surface area contributed by atoms with E-state index in [2.05, 4.69) is 20.9 Å². The van der Waals surface area contributed by atoms with Crippen LogP contribution >= 0.6 is 15.9 Å². The molecule has 1 N–H and O–H groups in total. The number of aromatic amines is 1. The Kier molecular flexibility index (Phi) is 4.28. The van der Waals surface area contributed by atoms with Crippen LogP contribution in [0.4, 0.5) is 0 Å². The average Bonchev–Trinajstić information content (AvgIpc) is 2.23. The molecular formula is C9H13BrN2O3S. The van der Waals surface area contributed by atoms with Crippen LogP contribution in [0.1, 0.15) is 13.8 Å². The first-order chi connectivity index (χ1) is 7.43. The van der Waals surface area contributed by atoms with E-state index in [0.717, 1.165) is 0 Å². The van der Waals surface area contributed by atoms with E-state index in [4.69, 9.17) is 0 Å². The lowest BCUT2D eigenvalue weighted by molar-refractivity contribution is 0.444. The Labute approximate surface area is 103 Å². The van der Waals surface area contributed by atoms with E-state index in [1.807, 2.05) is 0 Å². The number of rotatable bonds is 4. The van der Waals surface area contributed by atoms with E-state index in [1.54, 1.807) is 13.8 Å². The maximum Gasteiger partial charge on any atom is 0.268 e. The number of pyridine rings is 1. The second kappa shape index (κ2) is 5.11. The maximum atomic E-state index is 12.1. The van der Waals surface area contributed by atoms with Gasteiger partial charge in [0.15, 0.2) is 0 Å². The van der Waals surface area contributed by atoms with E-state index in [0.29, 0.717) is 17.6 Å². The second-order valence-corrected chi connectivity index (χ2v) is 5.92. The Morgan fingerprint density at radius 1 is 1.38 bits per heavy atom. The molecule has 0 bridgehead atoms. The van der Waals surface area contributed by atoms with Crippen LogP contribution in [-0.4, -0.2) is 30.8 Å². The molecule has 5 nitrogen and oxygen atoms in total. The van der Waals surface area contributed by atoms with Crippen molar-refractivity contribution in [3.05, 3.63) is 27.1 Å². The van der Waals surface area contributed by atoms with Gasteiger partial charge < -0.3 is 4.98 Å². The van der Waals surface area contributed by atoms with Gasteiger partial charge in [0.25, 0.3) is 5.56 Å². The summed E-state index contributed by atoms with van der Waals surface area (Å²) in [5.41, 5.74) is -0.602. The van der Waals surface area contributed by atoms with Crippen LogP contribution in [0.5, 0.6) is 0 Å². The number of hydrogen-bond acceptors (Lipinski definition) is 3. The van der Waals surface area contributed by atoms with Gasteiger partial charge in [0.1, 0.15) is 4.90 Å². The highest BCUT2D eigenvalue weighted by atomic mass is 79.9. The first kappa shape index (κ1) is 13.4.